The third-order valence-corrected chi connectivity index (χ3v) is 2.56. The van der Waals surface area contributed by atoms with Gasteiger partial charge in [-0.15, -0.1) is 0 Å². The van der Waals surface area contributed by atoms with Crippen LogP contribution in [0.5, 0.6) is 0 Å². The zero-order valence-corrected chi connectivity index (χ0v) is 7.82. The molecular weight excluding hydrogens is 196 g/mol. The van der Waals surface area contributed by atoms with Crippen LogP contribution in [0.15, 0.2) is 22.6 Å². The molecule has 1 N–H and O–H groups in total. The van der Waals surface area contributed by atoms with E-state index in [-0.39, 0.29) is 5.76 Å². The van der Waals surface area contributed by atoms with Gasteiger partial charge in [-0.3, -0.25) is 0 Å². The Morgan fingerprint density at radius 1 is 1.20 bits per heavy atom. The van der Waals surface area contributed by atoms with Gasteiger partial charge < -0.3 is 14.3 Å². The van der Waals surface area contributed by atoms with Gasteiger partial charge in [-0.1, -0.05) is 0 Å². The number of rotatable bonds is 1. The zero-order chi connectivity index (χ0) is 10.4. The molecule has 1 aromatic carbocycles. The van der Waals surface area contributed by atoms with E-state index in [4.69, 9.17) is 14.3 Å². The highest BCUT2D eigenvalue weighted by Crippen LogP contribution is 2.28. The minimum Gasteiger partial charge on any atom is -0.475 e. The van der Waals surface area contributed by atoms with Gasteiger partial charge in [0.25, 0.3) is 0 Å². The van der Waals surface area contributed by atoms with Gasteiger partial charge in [-0.2, -0.15) is 0 Å². The molecule has 4 nitrogen and oxygen atoms in total. The number of carboxylic acid groups (broad SMARTS) is 1. The zero-order valence-electron chi connectivity index (χ0n) is 7.82. The molecule has 0 aliphatic carbocycles. The fourth-order valence-corrected chi connectivity index (χ4v) is 1.82. The molecule has 15 heavy (non-hydrogen) atoms. The Balaban J connectivity index is 2.24. The number of aromatic carboxylic acids is 1. The summed E-state index contributed by atoms with van der Waals surface area (Å²) in [5, 5.41) is 9.59. The van der Waals surface area contributed by atoms with Crippen molar-refractivity contribution < 1.29 is 19.1 Å². The summed E-state index contributed by atoms with van der Waals surface area (Å²) in [6.07, 6.45) is 0. The fraction of sp³-hybridized carbons (Fsp3) is 0.182. The highest BCUT2D eigenvalue weighted by atomic mass is 16.5. The summed E-state index contributed by atoms with van der Waals surface area (Å²) in [5.74, 6) is -1.06. The molecule has 1 aliphatic rings. The van der Waals surface area contributed by atoms with Gasteiger partial charge in [0.05, 0.1) is 13.2 Å². The van der Waals surface area contributed by atoms with Crippen LogP contribution in [0, 0.1) is 0 Å². The monoisotopic (exact) mass is 204 g/mol. The molecule has 0 unspecified atom stereocenters. The van der Waals surface area contributed by atoms with E-state index in [2.05, 4.69) is 0 Å². The highest BCUT2D eigenvalue weighted by Gasteiger charge is 2.16. The Morgan fingerprint density at radius 2 is 1.93 bits per heavy atom. The van der Waals surface area contributed by atoms with Crippen LogP contribution >= 0.6 is 0 Å². The van der Waals surface area contributed by atoms with E-state index in [0.29, 0.717) is 18.8 Å². The lowest BCUT2D eigenvalue weighted by atomic mass is 10.1. The molecule has 1 aliphatic heterocycles. The average molecular weight is 204 g/mol. The molecule has 3 rings (SSSR count). The summed E-state index contributed by atoms with van der Waals surface area (Å²) in [4.78, 5) is 10.7. The Labute approximate surface area is 85.1 Å². The number of carboxylic acids is 1. The van der Waals surface area contributed by atoms with Crippen LogP contribution in [-0.2, 0) is 18.0 Å². The standard InChI is InChI=1S/C11H8O4/c12-11(13)10-2-6-1-7-4-14-5-8(7)3-9(6)15-10/h1-3H,4-5H2,(H,12,13). The molecule has 1 aromatic heterocycles. The summed E-state index contributed by atoms with van der Waals surface area (Å²) in [6, 6.07) is 5.31. The van der Waals surface area contributed by atoms with Gasteiger partial charge in [-0.05, 0) is 29.3 Å². The SMILES string of the molecule is O=C(O)c1cc2cc3c(cc2o1)COC3. The molecule has 2 aromatic rings. The Bertz CT molecular complexity index is 512. The quantitative estimate of drug-likeness (QED) is 0.773. The van der Waals surface area contributed by atoms with Gasteiger partial charge >= 0.3 is 5.97 Å². The normalized spacial score (nSPS) is 14.4. The molecule has 0 amide bonds. The summed E-state index contributed by atoms with van der Waals surface area (Å²) < 4.78 is 10.5. The van der Waals surface area contributed by atoms with Crippen LogP contribution in [0.4, 0.5) is 0 Å². The molecule has 0 saturated carbocycles. The van der Waals surface area contributed by atoms with Crippen LogP contribution in [0.1, 0.15) is 21.7 Å². The van der Waals surface area contributed by atoms with Crippen molar-refractivity contribution in [1.82, 2.24) is 0 Å². The van der Waals surface area contributed by atoms with Crippen molar-refractivity contribution in [3.05, 3.63) is 35.1 Å². The van der Waals surface area contributed by atoms with Gasteiger partial charge in [0.1, 0.15) is 5.58 Å². The molecule has 0 bridgehead atoms. The third kappa shape index (κ3) is 1.22. The van der Waals surface area contributed by atoms with Crippen LogP contribution in [0.3, 0.4) is 0 Å². The lowest BCUT2D eigenvalue weighted by Crippen LogP contribution is -1.91. The number of hydrogen-bond donors (Lipinski definition) is 1. The predicted octanol–water partition coefficient (Wildman–Crippen LogP) is 2.16. The number of hydrogen-bond acceptors (Lipinski definition) is 3. The summed E-state index contributed by atoms with van der Waals surface area (Å²) in [5.41, 5.74) is 2.80. The maximum absolute atomic E-state index is 10.7. The number of benzene rings is 1. The predicted molar refractivity (Wildman–Crippen MR) is 51.7 cm³/mol. The van der Waals surface area contributed by atoms with Crippen molar-refractivity contribution in [1.29, 1.82) is 0 Å². The molecule has 2 heterocycles. The van der Waals surface area contributed by atoms with E-state index in [1.54, 1.807) is 0 Å². The van der Waals surface area contributed by atoms with Gasteiger partial charge in [0.15, 0.2) is 0 Å². The second kappa shape index (κ2) is 2.84. The first kappa shape index (κ1) is 8.49. The number of ether oxygens (including phenoxy) is 1. The number of carbonyl (C=O) groups is 1. The minimum absolute atomic E-state index is 0.0189. The lowest BCUT2D eigenvalue weighted by Gasteiger charge is -1.94. The van der Waals surface area contributed by atoms with Gasteiger partial charge in [-0.25, -0.2) is 4.79 Å². The minimum atomic E-state index is -1.04. The number of furan rings is 1. The molecule has 0 spiro atoms. The Hall–Kier alpha value is -1.81. The smallest absolute Gasteiger partial charge is 0.371 e. The maximum Gasteiger partial charge on any atom is 0.371 e. The Kier molecular flexibility index (Phi) is 1.61. The first-order valence-corrected chi connectivity index (χ1v) is 4.60. The van der Waals surface area contributed by atoms with Crippen molar-refractivity contribution in [3.63, 3.8) is 0 Å². The largest absolute Gasteiger partial charge is 0.475 e. The van der Waals surface area contributed by atoms with E-state index >= 15 is 0 Å². The fourth-order valence-electron chi connectivity index (χ4n) is 1.82. The molecule has 0 saturated heterocycles. The van der Waals surface area contributed by atoms with E-state index in [1.807, 2.05) is 12.1 Å². The first-order valence-electron chi connectivity index (χ1n) is 4.60. The van der Waals surface area contributed by atoms with E-state index in [0.717, 1.165) is 16.5 Å². The van der Waals surface area contributed by atoms with Crippen LogP contribution in [0.25, 0.3) is 11.0 Å². The molecule has 0 fully saturated rings. The molecule has 0 radical (unpaired) electrons. The molecule has 76 valence electrons. The van der Waals surface area contributed by atoms with Crippen LogP contribution in [-0.4, -0.2) is 11.1 Å². The van der Waals surface area contributed by atoms with E-state index in [9.17, 15) is 4.79 Å². The lowest BCUT2D eigenvalue weighted by molar-refractivity contribution is 0.0665. The second-order valence-corrected chi connectivity index (χ2v) is 3.57. The topological polar surface area (TPSA) is 59.7 Å². The third-order valence-electron chi connectivity index (χ3n) is 2.56. The van der Waals surface area contributed by atoms with Crippen LogP contribution < -0.4 is 0 Å². The van der Waals surface area contributed by atoms with Crippen molar-refractivity contribution >= 4 is 16.9 Å². The molecule has 0 atom stereocenters. The van der Waals surface area contributed by atoms with Crippen LogP contribution in [0.2, 0.25) is 0 Å². The second-order valence-electron chi connectivity index (χ2n) is 3.57. The van der Waals surface area contributed by atoms with Crippen molar-refractivity contribution in [2.24, 2.45) is 0 Å². The van der Waals surface area contributed by atoms with E-state index in [1.165, 1.54) is 6.07 Å². The maximum atomic E-state index is 10.7. The average Bonchev–Trinajstić information content (AvgIpc) is 2.77. The summed E-state index contributed by atoms with van der Waals surface area (Å²) >= 11 is 0. The van der Waals surface area contributed by atoms with E-state index < -0.39 is 5.97 Å². The molecule has 4 heteroatoms. The van der Waals surface area contributed by atoms with Crippen molar-refractivity contribution in [2.75, 3.05) is 0 Å². The summed E-state index contributed by atoms with van der Waals surface area (Å²) in [6.45, 7) is 1.17. The highest BCUT2D eigenvalue weighted by molar-refractivity contribution is 5.91. The van der Waals surface area contributed by atoms with Gasteiger partial charge in [0.2, 0.25) is 5.76 Å². The van der Waals surface area contributed by atoms with Crippen molar-refractivity contribution in [2.45, 2.75) is 13.2 Å². The summed E-state index contributed by atoms with van der Waals surface area (Å²) in [7, 11) is 0. The van der Waals surface area contributed by atoms with Crippen molar-refractivity contribution in [3.8, 4) is 0 Å². The van der Waals surface area contributed by atoms with Gasteiger partial charge in [0, 0.05) is 5.39 Å². The molecular formula is C11H8O4. The first-order chi connectivity index (χ1) is 7.24. The Morgan fingerprint density at radius 3 is 2.67 bits per heavy atom. The number of fused-ring (bicyclic) bond motifs is 2.